The number of aryl methyl sites for hydroxylation is 1. The highest BCUT2D eigenvalue weighted by atomic mass is 35.5. The average Bonchev–Trinajstić information content (AvgIpc) is 2.95. The lowest BCUT2D eigenvalue weighted by atomic mass is 10.2. The van der Waals surface area contributed by atoms with Crippen molar-refractivity contribution in [1.82, 2.24) is 15.2 Å². The maximum Gasteiger partial charge on any atom is 0.220 e. The summed E-state index contributed by atoms with van der Waals surface area (Å²) in [6.07, 6.45) is 7.61. The van der Waals surface area contributed by atoms with Crippen molar-refractivity contribution in [3.05, 3.63) is 40.3 Å². The molecule has 2 heterocycles. The molecule has 1 aliphatic heterocycles. The molecule has 1 aliphatic rings. The molecule has 0 spiro atoms. The standard InChI is InChI=1S/C20H25Cl2N3O2/c21-15-5-6-16(17(22)13-15)18-14-24-20(27-18)8-7-19(26)23-9-12-25-10-3-1-2-4-11-25/h5-6,13-14H,1-4,7-12H2,(H,23,26). The summed E-state index contributed by atoms with van der Waals surface area (Å²) >= 11 is 12.1. The van der Waals surface area contributed by atoms with Crippen LogP contribution >= 0.6 is 23.2 Å². The van der Waals surface area contributed by atoms with Gasteiger partial charge in [0.05, 0.1) is 11.2 Å². The van der Waals surface area contributed by atoms with E-state index in [9.17, 15) is 4.79 Å². The Morgan fingerprint density at radius 1 is 1.19 bits per heavy atom. The van der Waals surface area contributed by atoms with Crippen molar-refractivity contribution in [3.63, 3.8) is 0 Å². The largest absolute Gasteiger partial charge is 0.441 e. The van der Waals surface area contributed by atoms with Gasteiger partial charge in [0, 0.05) is 36.5 Å². The van der Waals surface area contributed by atoms with E-state index >= 15 is 0 Å². The van der Waals surface area contributed by atoms with Crippen LogP contribution in [0.4, 0.5) is 0 Å². The monoisotopic (exact) mass is 409 g/mol. The zero-order chi connectivity index (χ0) is 19.1. The van der Waals surface area contributed by atoms with Crippen LogP contribution in [0.15, 0.2) is 28.8 Å². The van der Waals surface area contributed by atoms with Crippen molar-refractivity contribution in [2.45, 2.75) is 38.5 Å². The van der Waals surface area contributed by atoms with E-state index in [1.54, 1.807) is 24.4 Å². The van der Waals surface area contributed by atoms with Crippen LogP contribution in [0, 0.1) is 0 Å². The van der Waals surface area contributed by atoms with Gasteiger partial charge in [-0.25, -0.2) is 4.98 Å². The topological polar surface area (TPSA) is 58.4 Å². The van der Waals surface area contributed by atoms with Gasteiger partial charge in [-0.1, -0.05) is 36.0 Å². The van der Waals surface area contributed by atoms with E-state index in [0.29, 0.717) is 41.1 Å². The molecule has 0 bridgehead atoms. The first-order valence-corrected chi connectivity index (χ1v) is 10.3. The van der Waals surface area contributed by atoms with Gasteiger partial charge in [-0.2, -0.15) is 0 Å². The Morgan fingerprint density at radius 3 is 2.70 bits per heavy atom. The van der Waals surface area contributed by atoms with Gasteiger partial charge in [0.1, 0.15) is 0 Å². The van der Waals surface area contributed by atoms with Crippen LogP contribution in [0.3, 0.4) is 0 Å². The minimum Gasteiger partial charge on any atom is -0.441 e. The molecule has 0 atom stereocenters. The van der Waals surface area contributed by atoms with Crippen molar-refractivity contribution in [2.75, 3.05) is 26.2 Å². The summed E-state index contributed by atoms with van der Waals surface area (Å²) in [6.45, 7) is 3.89. The number of carbonyl (C=O) groups is 1. The summed E-state index contributed by atoms with van der Waals surface area (Å²) in [5.74, 6) is 1.13. The first-order valence-electron chi connectivity index (χ1n) is 9.51. The molecule has 1 amide bonds. The van der Waals surface area contributed by atoms with E-state index in [2.05, 4.69) is 15.2 Å². The van der Waals surface area contributed by atoms with Crippen molar-refractivity contribution in [1.29, 1.82) is 0 Å². The second kappa shape index (κ2) is 10.1. The van der Waals surface area contributed by atoms with Gasteiger partial charge < -0.3 is 14.6 Å². The number of likely N-dealkylation sites (tertiary alicyclic amines) is 1. The molecule has 1 aromatic carbocycles. The highest BCUT2D eigenvalue weighted by Crippen LogP contribution is 2.30. The van der Waals surface area contributed by atoms with Gasteiger partial charge in [-0.05, 0) is 44.1 Å². The Bertz CT molecular complexity index is 755. The Hall–Kier alpha value is -1.56. The molecule has 1 fully saturated rings. The summed E-state index contributed by atoms with van der Waals surface area (Å²) in [7, 11) is 0. The lowest BCUT2D eigenvalue weighted by Gasteiger charge is -2.19. The number of hydrogen-bond acceptors (Lipinski definition) is 4. The summed E-state index contributed by atoms with van der Waals surface area (Å²) in [6, 6.07) is 5.21. The smallest absolute Gasteiger partial charge is 0.220 e. The Balaban J connectivity index is 1.42. The van der Waals surface area contributed by atoms with Gasteiger partial charge in [-0.3, -0.25) is 4.79 Å². The average molecular weight is 410 g/mol. The van der Waals surface area contributed by atoms with E-state index in [-0.39, 0.29) is 5.91 Å². The summed E-state index contributed by atoms with van der Waals surface area (Å²) in [4.78, 5) is 18.7. The van der Waals surface area contributed by atoms with E-state index in [4.69, 9.17) is 27.6 Å². The van der Waals surface area contributed by atoms with Gasteiger partial charge in [0.2, 0.25) is 5.91 Å². The number of aromatic nitrogens is 1. The number of carbonyl (C=O) groups excluding carboxylic acids is 1. The summed E-state index contributed by atoms with van der Waals surface area (Å²) < 4.78 is 5.73. The molecule has 1 saturated heterocycles. The number of nitrogens with zero attached hydrogens (tertiary/aromatic N) is 2. The molecule has 0 aliphatic carbocycles. The molecule has 0 saturated carbocycles. The fraction of sp³-hybridized carbons (Fsp3) is 0.500. The van der Waals surface area contributed by atoms with Crippen LogP contribution in [0.2, 0.25) is 10.0 Å². The third-order valence-corrected chi connectivity index (χ3v) is 5.31. The Labute approximate surface area is 170 Å². The molecule has 3 rings (SSSR count). The highest BCUT2D eigenvalue weighted by Gasteiger charge is 2.12. The van der Waals surface area contributed by atoms with Crippen molar-refractivity contribution < 1.29 is 9.21 Å². The molecule has 146 valence electrons. The predicted octanol–water partition coefficient (Wildman–Crippen LogP) is 4.57. The maximum absolute atomic E-state index is 12.1. The lowest BCUT2D eigenvalue weighted by molar-refractivity contribution is -0.121. The second-order valence-corrected chi connectivity index (χ2v) is 7.69. The third-order valence-electron chi connectivity index (χ3n) is 4.76. The van der Waals surface area contributed by atoms with Crippen molar-refractivity contribution in [3.8, 4) is 11.3 Å². The number of rotatable bonds is 7. The number of hydrogen-bond donors (Lipinski definition) is 1. The second-order valence-electron chi connectivity index (χ2n) is 6.85. The molecule has 0 radical (unpaired) electrons. The first kappa shape index (κ1) is 20.2. The molecule has 1 aromatic heterocycles. The lowest BCUT2D eigenvalue weighted by Crippen LogP contribution is -2.35. The minimum atomic E-state index is 0.0223. The van der Waals surface area contributed by atoms with E-state index < -0.39 is 0 Å². The number of amides is 1. The van der Waals surface area contributed by atoms with Gasteiger partial charge in [0.25, 0.3) is 0 Å². The summed E-state index contributed by atoms with van der Waals surface area (Å²) in [5, 5.41) is 4.07. The van der Waals surface area contributed by atoms with Gasteiger partial charge in [0.15, 0.2) is 11.7 Å². The molecular formula is C20H25Cl2N3O2. The van der Waals surface area contributed by atoms with Crippen molar-refractivity contribution >= 4 is 29.1 Å². The van der Waals surface area contributed by atoms with Crippen LogP contribution < -0.4 is 5.32 Å². The van der Waals surface area contributed by atoms with Crippen LogP contribution in [0.1, 0.15) is 38.0 Å². The van der Waals surface area contributed by atoms with E-state index in [1.165, 1.54) is 25.7 Å². The quantitative estimate of drug-likeness (QED) is 0.727. The molecule has 7 heteroatoms. The minimum absolute atomic E-state index is 0.0223. The highest BCUT2D eigenvalue weighted by molar-refractivity contribution is 6.36. The molecule has 2 aromatic rings. The number of nitrogens with one attached hydrogen (secondary N) is 1. The van der Waals surface area contributed by atoms with Crippen LogP contribution in [0.5, 0.6) is 0 Å². The van der Waals surface area contributed by atoms with Crippen LogP contribution in [-0.2, 0) is 11.2 Å². The van der Waals surface area contributed by atoms with E-state index in [1.807, 2.05) is 0 Å². The molecule has 1 N–H and O–H groups in total. The molecule has 27 heavy (non-hydrogen) atoms. The first-order chi connectivity index (χ1) is 13.1. The molecular weight excluding hydrogens is 385 g/mol. The fourth-order valence-electron chi connectivity index (χ4n) is 3.26. The third kappa shape index (κ3) is 6.23. The maximum atomic E-state index is 12.1. The normalized spacial score (nSPS) is 15.5. The Kier molecular flexibility index (Phi) is 7.56. The predicted molar refractivity (Wildman–Crippen MR) is 108 cm³/mol. The fourth-order valence-corrected chi connectivity index (χ4v) is 3.76. The molecule has 0 unspecified atom stereocenters. The Morgan fingerprint density at radius 2 is 1.96 bits per heavy atom. The van der Waals surface area contributed by atoms with Gasteiger partial charge >= 0.3 is 0 Å². The molecule has 5 nitrogen and oxygen atoms in total. The van der Waals surface area contributed by atoms with Crippen LogP contribution in [-0.4, -0.2) is 42.0 Å². The van der Waals surface area contributed by atoms with E-state index in [0.717, 1.165) is 25.2 Å². The van der Waals surface area contributed by atoms with Gasteiger partial charge in [-0.15, -0.1) is 0 Å². The van der Waals surface area contributed by atoms with Crippen molar-refractivity contribution in [2.24, 2.45) is 0 Å². The zero-order valence-electron chi connectivity index (χ0n) is 15.3. The number of halogens is 2. The zero-order valence-corrected chi connectivity index (χ0v) is 16.9. The number of oxazole rings is 1. The summed E-state index contributed by atoms with van der Waals surface area (Å²) in [5.41, 5.74) is 0.738. The number of benzene rings is 1. The van der Waals surface area contributed by atoms with Crippen LogP contribution in [0.25, 0.3) is 11.3 Å². The SMILES string of the molecule is O=C(CCc1ncc(-c2ccc(Cl)cc2Cl)o1)NCCN1CCCCCC1.